The van der Waals surface area contributed by atoms with Crippen LogP contribution in [-0.4, -0.2) is 26.6 Å². The minimum Gasteiger partial charge on any atom is -0.350 e. The second-order valence-electron chi connectivity index (χ2n) is 5.02. The molecule has 1 aromatic carbocycles. The SMILES string of the molecule is CCC[C@H](C)NC(=O)c1cccc(NS(C)(=O)=O)c1C. The molecule has 0 aliphatic heterocycles. The van der Waals surface area contributed by atoms with Crippen LogP contribution in [0.5, 0.6) is 0 Å². The maximum Gasteiger partial charge on any atom is 0.251 e. The Morgan fingerprint density at radius 3 is 2.55 bits per heavy atom. The molecule has 0 aliphatic rings. The van der Waals surface area contributed by atoms with Gasteiger partial charge in [0, 0.05) is 11.6 Å². The van der Waals surface area contributed by atoms with Gasteiger partial charge in [-0.3, -0.25) is 9.52 Å². The first-order chi connectivity index (χ1) is 9.24. The first kappa shape index (κ1) is 16.5. The number of amides is 1. The third-order valence-electron chi connectivity index (χ3n) is 2.97. The first-order valence-corrected chi connectivity index (χ1v) is 8.52. The molecule has 0 spiro atoms. The molecule has 0 saturated heterocycles. The van der Waals surface area contributed by atoms with Gasteiger partial charge in [0.2, 0.25) is 10.0 Å². The summed E-state index contributed by atoms with van der Waals surface area (Å²) in [5.41, 5.74) is 1.55. The fraction of sp³-hybridized carbons (Fsp3) is 0.500. The Labute approximate surface area is 120 Å². The molecule has 0 unspecified atom stereocenters. The summed E-state index contributed by atoms with van der Waals surface area (Å²) in [5, 5.41) is 2.91. The highest BCUT2D eigenvalue weighted by molar-refractivity contribution is 7.92. The zero-order valence-electron chi connectivity index (χ0n) is 12.4. The number of benzene rings is 1. The smallest absolute Gasteiger partial charge is 0.251 e. The van der Waals surface area contributed by atoms with Crippen molar-refractivity contribution in [3.05, 3.63) is 29.3 Å². The monoisotopic (exact) mass is 298 g/mol. The van der Waals surface area contributed by atoms with Gasteiger partial charge in [-0.15, -0.1) is 0 Å². The molecule has 0 saturated carbocycles. The highest BCUT2D eigenvalue weighted by atomic mass is 32.2. The van der Waals surface area contributed by atoms with E-state index in [2.05, 4.69) is 17.0 Å². The number of carbonyl (C=O) groups is 1. The molecule has 6 heteroatoms. The Morgan fingerprint density at radius 2 is 2.00 bits per heavy atom. The number of carbonyl (C=O) groups excluding carboxylic acids is 1. The van der Waals surface area contributed by atoms with Crippen molar-refractivity contribution in [3.8, 4) is 0 Å². The van der Waals surface area contributed by atoms with E-state index in [1.165, 1.54) is 0 Å². The average Bonchev–Trinajstić information content (AvgIpc) is 2.30. The van der Waals surface area contributed by atoms with Crippen molar-refractivity contribution in [2.75, 3.05) is 11.0 Å². The molecule has 0 radical (unpaired) electrons. The van der Waals surface area contributed by atoms with Gasteiger partial charge in [0.1, 0.15) is 0 Å². The van der Waals surface area contributed by atoms with E-state index >= 15 is 0 Å². The predicted molar refractivity (Wildman–Crippen MR) is 81.5 cm³/mol. The largest absolute Gasteiger partial charge is 0.350 e. The summed E-state index contributed by atoms with van der Waals surface area (Å²) < 4.78 is 25.0. The first-order valence-electron chi connectivity index (χ1n) is 6.63. The number of sulfonamides is 1. The van der Waals surface area contributed by atoms with Crippen LogP contribution in [0.2, 0.25) is 0 Å². The summed E-state index contributed by atoms with van der Waals surface area (Å²) in [6.45, 7) is 5.74. The van der Waals surface area contributed by atoms with Gasteiger partial charge in [-0.2, -0.15) is 0 Å². The third kappa shape index (κ3) is 4.85. The predicted octanol–water partition coefficient (Wildman–Crippen LogP) is 2.28. The highest BCUT2D eigenvalue weighted by Crippen LogP contribution is 2.20. The average molecular weight is 298 g/mol. The summed E-state index contributed by atoms with van der Waals surface area (Å²) in [6, 6.07) is 5.10. The molecule has 1 atom stereocenters. The topological polar surface area (TPSA) is 75.3 Å². The van der Waals surface area contributed by atoms with Gasteiger partial charge < -0.3 is 5.32 Å². The Morgan fingerprint density at radius 1 is 1.35 bits per heavy atom. The summed E-state index contributed by atoms with van der Waals surface area (Å²) in [4.78, 5) is 12.2. The van der Waals surface area contributed by atoms with Crippen molar-refractivity contribution in [1.29, 1.82) is 0 Å². The highest BCUT2D eigenvalue weighted by Gasteiger charge is 2.15. The molecule has 1 aromatic rings. The molecule has 1 rings (SSSR count). The van der Waals surface area contributed by atoms with Crippen molar-refractivity contribution >= 4 is 21.6 Å². The fourth-order valence-electron chi connectivity index (χ4n) is 2.00. The van der Waals surface area contributed by atoms with Crippen LogP contribution in [-0.2, 0) is 10.0 Å². The number of nitrogens with one attached hydrogen (secondary N) is 2. The van der Waals surface area contributed by atoms with Gasteiger partial charge in [-0.1, -0.05) is 19.4 Å². The van der Waals surface area contributed by atoms with Crippen molar-refractivity contribution in [2.24, 2.45) is 0 Å². The van der Waals surface area contributed by atoms with Gasteiger partial charge in [-0.25, -0.2) is 8.42 Å². The van der Waals surface area contributed by atoms with Crippen LogP contribution in [0.1, 0.15) is 42.6 Å². The van der Waals surface area contributed by atoms with Crippen molar-refractivity contribution in [1.82, 2.24) is 5.32 Å². The van der Waals surface area contributed by atoms with Crippen molar-refractivity contribution < 1.29 is 13.2 Å². The minimum absolute atomic E-state index is 0.0958. The second-order valence-corrected chi connectivity index (χ2v) is 6.76. The summed E-state index contributed by atoms with van der Waals surface area (Å²) in [7, 11) is -3.36. The molecule has 0 aromatic heterocycles. The quantitative estimate of drug-likeness (QED) is 0.846. The lowest BCUT2D eigenvalue weighted by Crippen LogP contribution is -2.33. The fourth-order valence-corrected chi connectivity index (χ4v) is 2.62. The maximum atomic E-state index is 12.2. The maximum absolute atomic E-state index is 12.2. The lowest BCUT2D eigenvalue weighted by molar-refractivity contribution is 0.0937. The molecule has 112 valence electrons. The van der Waals surface area contributed by atoms with Crippen LogP contribution in [0.4, 0.5) is 5.69 Å². The standard InChI is InChI=1S/C14H22N2O3S/c1-5-7-10(2)15-14(17)12-8-6-9-13(11(12)3)16-20(4,18)19/h6,8-10,16H,5,7H2,1-4H3,(H,15,17)/t10-/m0/s1. The van der Waals surface area contributed by atoms with Gasteiger partial charge >= 0.3 is 0 Å². The van der Waals surface area contributed by atoms with Crippen LogP contribution in [0, 0.1) is 6.92 Å². The molecule has 0 aliphatic carbocycles. The van der Waals surface area contributed by atoms with E-state index in [0.29, 0.717) is 16.8 Å². The van der Waals surface area contributed by atoms with E-state index in [1.807, 2.05) is 6.92 Å². The Bertz CT molecular complexity index is 582. The molecule has 0 heterocycles. The molecule has 1 amide bonds. The summed E-state index contributed by atoms with van der Waals surface area (Å²) in [6.07, 6.45) is 2.99. The molecule has 0 fully saturated rings. The van der Waals surface area contributed by atoms with Crippen LogP contribution >= 0.6 is 0 Å². The van der Waals surface area contributed by atoms with E-state index in [-0.39, 0.29) is 11.9 Å². The normalized spacial score (nSPS) is 12.8. The van der Waals surface area contributed by atoms with E-state index in [9.17, 15) is 13.2 Å². The number of anilines is 1. The molecule has 2 N–H and O–H groups in total. The molecular weight excluding hydrogens is 276 g/mol. The van der Waals surface area contributed by atoms with Crippen LogP contribution in [0.3, 0.4) is 0 Å². The lowest BCUT2D eigenvalue weighted by Gasteiger charge is -2.15. The van der Waals surface area contributed by atoms with E-state index < -0.39 is 10.0 Å². The molecule has 5 nitrogen and oxygen atoms in total. The van der Waals surface area contributed by atoms with Gasteiger partial charge in [-0.05, 0) is 38.0 Å². The van der Waals surface area contributed by atoms with E-state index in [1.54, 1.807) is 25.1 Å². The zero-order valence-corrected chi connectivity index (χ0v) is 13.2. The van der Waals surface area contributed by atoms with Crippen molar-refractivity contribution in [3.63, 3.8) is 0 Å². The minimum atomic E-state index is -3.36. The van der Waals surface area contributed by atoms with Crippen molar-refractivity contribution in [2.45, 2.75) is 39.7 Å². The number of hydrogen-bond acceptors (Lipinski definition) is 3. The van der Waals surface area contributed by atoms with E-state index in [0.717, 1.165) is 19.1 Å². The van der Waals surface area contributed by atoms with E-state index in [4.69, 9.17) is 0 Å². The number of hydrogen-bond donors (Lipinski definition) is 2. The van der Waals surface area contributed by atoms with Crippen LogP contribution in [0.25, 0.3) is 0 Å². The third-order valence-corrected chi connectivity index (χ3v) is 3.56. The Balaban J connectivity index is 2.96. The second kappa shape index (κ2) is 6.74. The number of rotatable bonds is 6. The zero-order chi connectivity index (χ0) is 15.3. The summed E-state index contributed by atoms with van der Waals surface area (Å²) >= 11 is 0. The molecule has 0 bridgehead atoms. The van der Waals surface area contributed by atoms with Gasteiger partial charge in [0.25, 0.3) is 5.91 Å². The Kier molecular flexibility index (Phi) is 5.56. The lowest BCUT2D eigenvalue weighted by atomic mass is 10.1. The van der Waals surface area contributed by atoms with Gasteiger partial charge in [0.05, 0.1) is 11.9 Å². The molecular formula is C14H22N2O3S. The van der Waals surface area contributed by atoms with Crippen LogP contribution < -0.4 is 10.0 Å². The summed E-state index contributed by atoms with van der Waals surface area (Å²) in [5.74, 6) is -0.180. The molecule has 20 heavy (non-hydrogen) atoms. The Hall–Kier alpha value is -1.56. The van der Waals surface area contributed by atoms with Crippen LogP contribution in [0.15, 0.2) is 18.2 Å². The van der Waals surface area contributed by atoms with Gasteiger partial charge in [0.15, 0.2) is 0 Å².